The molecule has 0 amide bonds. The zero-order valence-electron chi connectivity index (χ0n) is 3.14. The molecule has 0 aromatic carbocycles. The summed E-state index contributed by atoms with van der Waals surface area (Å²) in [6.45, 7) is 6.00. The largest absolute Gasteiger partial charge is 0.344 e. The molecule has 0 rings (SSSR count). The van der Waals surface area contributed by atoms with Crippen molar-refractivity contribution in [3.05, 3.63) is 13.2 Å². The molecule has 0 aromatic rings. The molecule has 0 aliphatic carbocycles. The molecule has 0 heterocycles. The van der Waals surface area contributed by atoms with Gasteiger partial charge in [-0.05, 0) is 0 Å². The van der Waals surface area contributed by atoms with Crippen LogP contribution in [0.3, 0.4) is 0 Å². The van der Waals surface area contributed by atoms with Crippen LogP contribution >= 0.6 is 0 Å². The molecule has 0 aliphatic rings. The number of hydrogen-bond acceptors (Lipinski definition) is 2. The first-order valence-corrected chi connectivity index (χ1v) is 0.500. The third-order valence-electron chi connectivity index (χ3n) is 0. The van der Waals surface area contributed by atoms with Crippen LogP contribution in [0.25, 0.3) is 0 Å². The normalized spacial score (nSPS) is 0.800. The standard InChI is InChI=1S/C2H4.2H3N.Ni/c1-2;;;/h1-2H2;2*1H3;. The minimum atomic E-state index is 0. The Balaban J connectivity index is -0.00000000167. The maximum absolute atomic E-state index is 3.00. The van der Waals surface area contributed by atoms with Crippen LogP contribution in [0.1, 0.15) is 0 Å². The van der Waals surface area contributed by atoms with E-state index >= 15 is 0 Å². The SMILES string of the molecule is C=C.N.N.[Ni]. The Labute approximate surface area is 42.7 Å². The summed E-state index contributed by atoms with van der Waals surface area (Å²) >= 11 is 0. The third-order valence-corrected chi connectivity index (χ3v) is 0. The minimum Gasteiger partial charge on any atom is -0.344 e. The second-order valence-corrected chi connectivity index (χ2v) is 0. The van der Waals surface area contributed by atoms with Gasteiger partial charge in [0.25, 0.3) is 0 Å². The molecule has 0 unspecified atom stereocenters. The summed E-state index contributed by atoms with van der Waals surface area (Å²) in [5, 5.41) is 0. The molecule has 0 saturated carbocycles. The van der Waals surface area contributed by atoms with E-state index in [1.54, 1.807) is 0 Å². The molecule has 5 heavy (non-hydrogen) atoms. The monoisotopic (exact) mass is 120 g/mol. The summed E-state index contributed by atoms with van der Waals surface area (Å²) in [7, 11) is 0. The average Bonchev–Trinajstić information content (AvgIpc) is 1.00. The van der Waals surface area contributed by atoms with Gasteiger partial charge in [-0.2, -0.15) is 0 Å². The van der Waals surface area contributed by atoms with Crippen LogP contribution in [0.2, 0.25) is 0 Å². The van der Waals surface area contributed by atoms with Crippen LogP contribution in [0.15, 0.2) is 13.2 Å². The molecule has 0 aromatic heterocycles. The van der Waals surface area contributed by atoms with Gasteiger partial charge in [0.05, 0.1) is 0 Å². The van der Waals surface area contributed by atoms with Gasteiger partial charge in [0.15, 0.2) is 0 Å². The van der Waals surface area contributed by atoms with Gasteiger partial charge < -0.3 is 12.3 Å². The topological polar surface area (TPSA) is 70.0 Å². The van der Waals surface area contributed by atoms with Crippen molar-refractivity contribution in [3.8, 4) is 0 Å². The van der Waals surface area contributed by atoms with Crippen LogP contribution in [-0.2, 0) is 16.5 Å². The molecule has 0 atom stereocenters. The molecule has 0 spiro atoms. The van der Waals surface area contributed by atoms with Crippen LogP contribution in [0.4, 0.5) is 0 Å². The van der Waals surface area contributed by atoms with Gasteiger partial charge in [0.1, 0.15) is 0 Å². The molecule has 0 saturated heterocycles. The Morgan fingerprint density at radius 3 is 0.800 bits per heavy atom. The van der Waals surface area contributed by atoms with Gasteiger partial charge in [-0.3, -0.25) is 0 Å². The van der Waals surface area contributed by atoms with Crippen molar-refractivity contribution >= 4 is 0 Å². The molecular formula is C2H10N2Ni. The van der Waals surface area contributed by atoms with Crippen LogP contribution in [-0.4, -0.2) is 0 Å². The number of rotatable bonds is 0. The van der Waals surface area contributed by atoms with E-state index in [4.69, 9.17) is 0 Å². The smallest absolute Gasteiger partial charge is 0 e. The molecule has 0 fully saturated rings. The predicted octanol–water partition coefficient (Wildman–Crippen LogP) is 1.12. The first kappa shape index (κ1) is 66.8. The van der Waals surface area contributed by atoms with Crippen molar-refractivity contribution in [2.75, 3.05) is 0 Å². The van der Waals surface area contributed by atoms with E-state index in [9.17, 15) is 0 Å². The van der Waals surface area contributed by atoms with Gasteiger partial charge in [0.2, 0.25) is 0 Å². The van der Waals surface area contributed by atoms with Crippen LogP contribution < -0.4 is 12.3 Å². The van der Waals surface area contributed by atoms with E-state index in [2.05, 4.69) is 13.2 Å². The fraction of sp³-hybridized carbons (Fsp3) is 0. The summed E-state index contributed by atoms with van der Waals surface area (Å²) in [5.74, 6) is 0. The summed E-state index contributed by atoms with van der Waals surface area (Å²) in [5.41, 5.74) is 0. The van der Waals surface area contributed by atoms with Gasteiger partial charge in [-0.15, -0.1) is 13.2 Å². The molecule has 6 N–H and O–H groups in total. The van der Waals surface area contributed by atoms with Crippen LogP contribution in [0, 0.1) is 0 Å². The summed E-state index contributed by atoms with van der Waals surface area (Å²) in [4.78, 5) is 0. The van der Waals surface area contributed by atoms with E-state index in [1.807, 2.05) is 0 Å². The zero-order chi connectivity index (χ0) is 2.00. The fourth-order valence-corrected chi connectivity index (χ4v) is 0. The molecule has 0 aliphatic heterocycles. The number of hydrogen-bond donors (Lipinski definition) is 2. The summed E-state index contributed by atoms with van der Waals surface area (Å²) in [6.07, 6.45) is 0. The molecule has 2 nitrogen and oxygen atoms in total. The average molecular weight is 121 g/mol. The maximum Gasteiger partial charge on any atom is 0 e. The third kappa shape index (κ3) is 817. The Morgan fingerprint density at radius 2 is 0.800 bits per heavy atom. The minimum absolute atomic E-state index is 0. The van der Waals surface area contributed by atoms with Crippen molar-refractivity contribution in [2.45, 2.75) is 0 Å². The predicted molar refractivity (Wildman–Crippen MR) is 21.3 cm³/mol. The second-order valence-electron chi connectivity index (χ2n) is 0. The molecule has 38 valence electrons. The van der Waals surface area contributed by atoms with Gasteiger partial charge in [-0.25, -0.2) is 0 Å². The Kier molecular flexibility index (Phi) is 23400. The van der Waals surface area contributed by atoms with Crippen molar-refractivity contribution in [3.63, 3.8) is 0 Å². The van der Waals surface area contributed by atoms with Gasteiger partial charge in [-0.1, -0.05) is 0 Å². The van der Waals surface area contributed by atoms with E-state index in [-0.39, 0.29) is 28.8 Å². The summed E-state index contributed by atoms with van der Waals surface area (Å²) in [6, 6.07) is 0. The van der Waals surface area contributed by atoms with Crippen LogP contribution in [0.5, 0.6) is 0 Å². The Hall–Kier alpha value is 0.154. The van der Waals surface area contributed by atoms with Crippen molar-refractivity contribution in [1.29, 1.82) is 0 Å². The molecule has 3 heteroatoms. The maximum atomic E-state index is 3.00. The van der Waals surface area contributed by atoms with E-state index in [0.717, 1.165) is 0 Å². The van der Waals surface area contributed by atoms with Gasteiger partial charge >= 0.3 is 0 Å². The molecule has 0 radical (unpaired) electrons. The van der Waals surface area contributed by atoms with Crippen molar-refractivity contribution in [2.24, 2.45) is 0 Å². The quantitative estimate of drug-likeness (QED) is 0.372. The summed E-state index contributed by atoms with van der Waals surface area (Å²) < 4.78 is 0. The van der Waals surface area contributed by atoms with E-state index in [1.165, 1.54) is 0 Å². The second kappa shape index (κ2) is 1750. The first-order chi connectivity index (χ1) is 1.00. The van der Waals surface area contributed by atoms with E-state index in [0.29, 0.717) is 0 Å². The zero-order valence-corrected chi connectivity index (χ0v) is 4.13. The first-order valence-electron chi connectivity index (χ1n) is 0.500. The Bertz CT molecular complexity index is 7.61. The van der Waals surface area contributed by atoms with Crippen molar-refractivity contribution in [1.82, 2.24) is 12.3 Å². The fourth-order valence-electron chi connectivity index (χ4n) is 0. The molecule has 0 bridgehead atoms. The Morgan fingerprint density at radius 1 is 0.800 bits per heavy atom. The van der Waals surface area contributed by atoms with E-state index < -0.39 is 0 Å². The van der Waals surface area contributed by atoms with Crippen molar-refractivity contribution < 1.29 is 16.5 Å². The van der Waals surface area contributed by atoms with Gasteiger partial charge in [0, 0.05) is 16.5 Å². The molecular weight excluding hydrogens is 111 g/mol.